The average Bonchev–Trinajstić information content (AvgIpc) is 2.13. The van der Waals surface area contributed by atoms with Gasteiger partial charge in [0.1, 0.15) is 0 Å². The topological polar surface area (TPSA) is 75.3 Å². The fraction of sp³-hybridized carbons (Fsp3) is 0.364. The van der Waals surface area contributed by atoms with Crippen LogP contribution in [-0.4, -0.2) is 32.7 Å². The second-order valence-corrected chi connectivity index (χ2v) is 6.26. The lowest BCUT2D eigenvalue weighted by Gasteiger charge is -2.26. The second kappa shape index (κ2) is 4.46. The summed E-state index contributed by atoms with van der Waals surface area (Å²) in [7, 11) is -3.22. The third-order valence-electron chi connectivity index (χ3n) is 2.69. The molecule has 0 bridgehead atoms. The molecule has 1 aromatic carbocycles. The summed E-state index contributed by atoms with van der Waals surface area (Å²) in [6, 6.07) is 6.25. The van der Waals surface area contributed by atoms with Crippen LogP contribution < -0.4 is 10.6 Å². The van der Waals surface area contributed by atoms with Crippen LogP contribution in [0.5, 0.6) is 0 Å². The molecular formula is C11H14N2O3S. The first-order valence-electron chi connectivity index (χ1n) is 5.32. The molecule has 1 aliphatic rings. The van der Waals surface area contributed by atoms with E-state index in [1.54, 1.807) is 12.1 Å². The average molecular weight is 254 g/mol. The lowest BCUT2D eigenvalue weighted by atomic mass is 10.3. The van der Waals surface area contributed by atoms with Crippen LogP contribution in [0.4, 0.5) is 5.69 Å². The third-order valence-corrected chi connectivity index (χ3v) is 4.83. The molecule has 2 rings (SSSR count). The molecule has 17 heavy (non-hydrogen) atoms. The summed E-state index contributed by atoms with van der Waals surface area (Å²) in [6.45, 7) is 2.43. The first-order valence-corrected chi connectivity index (χ1v) is 6.87. The maximum atomic E-state index is 12.0. The minimum atomic E-state index is -3.22. The van der Waals surface area contributed by atoms with E-state index in [2.05, 4.69) is 10.6 Å². The van der Waals surface area contributed by atoms with Gasteiger partial charge in [-0.3, -0.25) is 4.79 Å². The van der Waals surface area contributed by atoms with Crippen LogP contribution in [0.1, 0.15) is 6.92 Å². The normalized spacial score (nSPS) is 16.3. The van der Waals surface area contributed by atoms with E-state index >= 15 is 0 Å². The van der Waals surface area contributed by atoms with E-state index in [9.17, 15) is 13.2 Å². The Morgan fingerprint density at radius 1 is 1.29 bits per heavy atom. The van der Waals surface area contributed by atoms with Gasteiger partial charge in [0.25, 0.3) is 0 Å². The molecule has 1 aliphatic heterocycles. The summed E-state index contributed by atoms with van der Waals surface area (Å²) in [6.07, 6.45) is 0. The number of benzene rings is 1. The quantitative estimate of drug-likeness (QED) is 0.818. The fourth-order valence-electron chi connectivity index (χ4n) is 1.61. The van der Waals surface area contributed by atoms with Crippen molar-refractivity contribution in [3.8, 4) is 0 Å². The van der Waals surface area contributed by atoms with Crippen molar-refractivity contribution in [1.29, 1.82) is 0 Å². The van der Waals surface area contributed by atoms with Crippen molar-refractivity contribution in [2.24, 2.45) is 0 Å². The van der Waals surface area contributed by atoms with E-state index in [0.717, 1.165) is 0 Å². The predicted octanol–water partition coefficient (Wildman–Crippen LogP) is 0.390. The summed E-state index contributed by atoms with van der Waals surface area (Å²) < 4.78 is 24.0. The Hall–Kier alpha value is -1.40. The SMILES string of the molecule is CC(=O)Nc1ccc(S(=O)(=O)C2CNC2)cc1. The number of carbonyl (C=O) groups is 1. The zero-order valence-electron chi connectivity index (χ0n) is 9.43. The number of amides is 1. The van der Waals surface area contributed by atoms with Crippen molar-refractivity contribution in [2.45, 2.75) is 17.1 Å². The summed E-state index contributed by atoms with van der Waals surface area (Å²) in [5, 5.41) is 5.21. The fourth-order valence-corrected chi connectivity index (χ4v) is 3.18. The zero-order chi connectivity index (χ0) is 12.5. The van der Waals surface area contributed by atoms with E-state index in [1.165, 1.54) is 19.1 Å². The first-order chi connectivity index (χ1) is 8.00. The molecule has 0 unspecified atom stereocenters. The van der Waals surface area contributed by atoms with Gasteiger partial charge in [-0.25, -0.2) is 8.42 Å². The molecule has 0 saturated carbocycles. The molecule has 6 heteroatoms. The van der Waals surface area contributed by atoms with Crippen molar-refractivity contribution >= 4 is 21.4 Å². The maximum Gasteiger partial charge on any atom is 0.221 e. The van der Waals surface area contributed by atoms with Gasteiger partial charge in [0, 0.05) is 25.7 Å². The lowest BCUT2D eigenvalue weighted by molar-refractivity contribution is -0.114. The largest absolute Gasteiger partial charge is 0.326 e. The zero-order valence-corrected chi connectivity index (χ0v) is 10.3. The summed E-state index contributed by atoms with van der Waals surface area (Å²) in [5.74, 6) is -0.177. The standard InChI is InChI=1S/C11H14N2O3S/c1-8(14)13-9-2-4-10(5-3-9)17(15,16)11-6-12-7-11/h2-5,11-12H,6-7H2,1H3,(H,13,14). The highest BCUT2D eigenvalue weighted by Crippen LogP contribution is 2.20. The second-order valence-electron chi connectivity index (χ2n) is 4.03. The Balaban J connectivity index is 2.20. The van der Waals surface area contributed by atoms with Gasteiger partial charge < -0.3 is 10.6 Å². The number of hydrogen-bond acceptors (Lipinski definition) is 4. The molecule has 0 atom stereocenters. The molecule has 92 valence electrons. The summed E-state index contributed by atoms with van der Waals surface area (Å²) in [4.78, 5) is 11.1. The molecule has 1 aromatic rings. The molecule has 0 aliphatic carbocycles. The molecule has 1 amide bonds. The van der Waals surface area contributed by atoms with Crippen LogP contribution in [-0.2, 0) is 14.6 Å². The molecule has 1 heterocycles. The van der Waals surface area contributed by atoms with Gasteiger partial charge in [-0.15, -0.1) is 0 Å². The predicted molar refractivity (Wildman–Crippen MR) is 64.6 cm³/mol. The minimum absolute atomic E-state index is 0.177. The number of sulfone groups is 1. The highest BCUT2D eigenvalue weighted by molar-refractivity contribution is 7.92. The highest BCUT2D eigenvalue weighted by atomic mass is 32.2. The summed E-state index contributed by atoms with van der Waals surface area (Å²) in [5.41, 5.74) is 0.600. The van der Waals surface area contributed by atoms with Crippen molar-refractivity contribution in [3.63, 3.8) is 0 Å². The van der Waals surface area contributed by atoms with Crippen LogP contribution in [0.25, 0.3) is 0 Å². The molecular weight excluding hydrogens is 240 g/mol. The number of rotatable bonds is 3. The van der Waals surface area contributed by atoms with Crippen LogP contribution in [0, 0.1) is 0 Å². The molecule has 0 aromatic heterocycles. The van der Waals surface area contributed by atoms with Gasteiger partial charge in [-0.1, -0.05) is 0 Å². The van der Waals surface area contributed by atoms with Gasteiger partial charge in [0.05, 0.1) is 10.1 Å². The molecule has 0 radical (unpaired) electrons. The van der Waals surface area contributed by atoms with E-state index in [-0.39, 0.29) is 11.2 Å². The Bertz CT molecular complexity index is 518. The Morgan fingerprint density at radius 3 is 2.29 bits per heavy atom. The molecule has 5 nitrogen and oxygen atoms in total. The smallest absolute Gasteiger partial charge is 0.221 e. The van der Waals surface area contributed by atoms with Crippen molar-refractivity contribution in [2.75, 3.05) is 18.4 Å². The van der Waals surface area contributed by atoms with Crippen molar-refractivity contribution < 1.29 is 13.2 Å². The third kappa shape index (κ3) is 2.48. The molecule has 1 fully saturated rings. The maximum absolute atomic E-state index is 12.0. The van der Waals surface area contributed by atoms with Crippen LogP contribution in [0.2, 0.25) is 0 Å². The molecule has 0 spiro atoms. The summed E-state index contributed by atoms with van der Waals surface area (Å²) >= 11 is 0. The Kier molecular flexibility index (Phi) is 3.17. The van der Waals surface area contributed by atoms with E-state index in [4.69, 9.17) is 0 Å². The van der Waals surface area contributed by atoms with Gasteiger partial charge in [-0.2, -0.15) is 0 Å². The van der Waals surface area contributed by atoms with E-state index < -0.39 is 9.84 Å². The Morgan fingerprint density at radius 2 is 1.88 bits per heavy atom. The van der Waals surface area contributed by atoms with Crippen molar-refractivity contribution in [1.82, 2.24) is 5.32 Å². The molecule has 1 saturated heterocycles. The number of anilines is 1. The van der Waals surface area contributed by atoms with Gasteiger partial charge in [-0.05, 0) is 24.3 Å². The van der Waals surface area contributed by atoms with Crippen LogP contribution in [0.3, 0.4) is 0 Å². The first kappa shape index (κ1) is 12.1. The van der Waals surface area contributed by atoms with Gasteiger partial charge in [0.2, 0.25) is 5.91 Å². The minimum Gasteiger partial charge on any atom is -0.326 e. The monoisotopic (exact) mass is 254 g/mol. The lowest BCUT2D eigenvalue weighted by Crippen LogP contribution is -2.51. The number of nitrogens with one attached hydrogen (secondary N) is 2. The van der Waals surface area contributed by atoms with Crippen LogP contribution in [0.15, 0.2) is 29.2 Å². The van der Waals surface area contributed by atoms with Crippen molar-refractivity contribution in [3.05, 3.63) is 24.3 Å². The van der Waals surface area contributed by atoms with Gasteiger partial charge >= 0.3 is 0 Å². The Labute approximate surface area is 100 Å². The van der Waals surface area contributed by atoms with E-state index in [0.29, 0.717) is 23.7 Å². The van der Waals surface area contributed by atoms with Gasteiger partial charge in [0.15, 0.2) is 9.84 Å². The van der Waals surface area contributed by atoms with Crippen LogP contribution >= 0.6 is 0 Å². The van der Waals surface area contributed by atoms with E-state index in [1.807, 2.05) is 0 Å². The molecule has 2 N–H and O–H groups in total. The highest BCUT2D eigenvalue weighted by Gasteiger charge is 2.32. The number of hydrogen-bond donors (Lipinski definition) is 2. The number of carbonyl (C=O) groups excluding carboxylic acids is 1.